The molecule has 0 saturated carbocycles. The second-order valence-corrected chi connectivity index (χ2v) is 7.24. The zero-order valence-corrected chi connectivity index (χ0v) is 18.1. The van der Waals surface area contributed by atoms with E-state index in [2.05, 4.69) is 15.3 Å². The third-order valence-corrected chi connectivity index (χ3v) is 5.11. The number of nitrogens with one attached hydrogen (secondary N) is 1. The van der Waals surface area contributed by atoms with Crippen LogP contribution in [-0.4, -0.2) is 35.6 Å². The largest absolute Gasteiger partial charge is 0.450 e. The van der Waals surface area contributed by atoms with Crippen LogP contribution in [0, 0.1) is 5.82 Å². The number of hydrogen-bond acceptors (Lipinski definition) is 5. The fourth-order valence-electron chi connectivity index (χ4n) is 3.40. The molecule has 2 aromatic heterocycles. The van der Waals surface area contributed by atoms with Gasteiger partial charge in [-0.1, -0.05) is 6.07 Å². The monoisotopic (exact) mass is 444 g/mol. The van der Waals surface area contributed by atoms with E-state index in [0.29, 0.717) is 17.1 Å². The number of fused-ring (bicyclic) bond motifs is 1. The maximum absolute atomic E-state index is 13.2. The molecular weight excluding hydrogens is 423 g/mol. The van der Waals surface area contributed by atoms with Gasteiger partial charge in [-0.15, -0.1) is 0 Å². The summed E-state index contributed by atoms with van der Waals surface area (Å²) >= 11 is 0. The van der Waals surface area contributed by atoms with E-state index in [1.807, 2.05) is 12.1 Å². The van der Waals surface area contributed by atoms with Crippen molar-refractivity contribution >= 4 is 34.3 Å². The standard InChI is InChI=1S/C25H21FN4O3/c1-3-33-25(32)29-23-11-6-18(14-28-23)22-15-27-13-17-5-4-16(12-21(17)22)24(31)30(2)20-9-7-19(26)8-10-20/h4-15H,3H2,1-2H3,(H,28,29,32). The van der Waals surface area contributed by atoms with Crippen LogP contribution in [0.3, 0.4) is 0 Å². The summed E-state index contributed by atoms with van der Waals surface area (Å²) in [4.78, 5) is 34.7. The van der Waals surface area contributed by atoms with Crippen LogP contribution in [-0.2, 0) is 4.74 Å². The van der Waals surface area contributed by atoms with Gasteiger partial charge in [0.05, 0.1) is 6.61 Å². The maximum Gasteiger partial charge on any atom is 0.412 e. The third-order valence-electron chi connectivity index (χ3n) is 5.11. The number of pyridine rings is 2. The summed E-state index contributed by atoms with van der Waals surface area (Å²) in [6, 6.07) is 14.6. The average Bonchev–Trinajstić information content (AvgIpc) is 2.83. The van der Waals surface area contributed by atoms with Crippen LogP contribution in [0.1, 0.15) is 17.3 Å². The molecule has 2 heterocycles. The SMILES string of the molecule is CCOC(=O)Nc1ccc(-c2cncc3ccc(C(=O)N(C)c4ccc(F)cc4)cc23)cn1. The maximum atomic E-state index is 13.2. The second-order valence-electron chi connectivity index (χ2n) is 7.24. The van der Waals surface area contributed by atoms with Gasteiger partial charge in [0.25, 0.3) is 5.91 Å². The normalized spacial score (nSPS) is 10.6. The summed E-state index contributed by atoms with van der Waals surface area (Å²) in [6.45, 7) is 1.99. The van der Waals surface area contributed by atoms with Gasteiger partial charge in [-0.25, -0.2) is 14.2 Å². The minimum absolute atomic E-state index is 0.224. The Bertz CT molecular complexity index is 1310. The molecule has 0 unspecified atom stereocenters. The minimum Gasteiger partial charge on any atom is -0.450 e. The van der Waals surface area contributed by atoms with E-state index in [1.54, 1.807) is 62.9 Å². The van der Waals surface area contributed by atoms with Crippen LogP contribution in [0.25, 0.3) is 21.9 Å². The Morgan fingerprint density at radius 3 is 2.52 bits per heavy atom. The zero-order valence-electron chi connectivity index (χ0n) is 18.1. The highest BCUT2D eigenvalue weighted by Crippen LogP contribution is 2.29. The van der Waals surface area contributed by atoms with Crippen molar-refractivity contribution in [1.82, 2.24) is 9.97 Å². The van der Waals surface area contributed by atoms with Gasteiger partial charge in [0.1, 0.15) is 11.6 Å². The lowest BCUT2D eigenvalue weighted by Gasteiger charge is -2.18. The highest BCUT2D eigenvalue weighted by molar-refractivity contribution is 6.09. The fraction of sp³-hybridized carbons (Fsp3) is 0.120. The van der Waals surface area contributed by atoms with Crippen molar-refractivity contribution in [2.45, 2.75) is 6.92 Å². The summed E-state index contributed by atoms with van der Waals surface area (Å²) in [6.07, 6.45) is 4.48. The van der Waals surface area contributed by atoms with E-state index in [-0.39, 0.29) is 18.3 Å². The van der Waals surface area contributed by atoms with Crippen molar-refractivity contribution in [2.24, 2.45) is 0 Å². The molecule has 2 amide bonds. The molecule has 8 heteroatoms. The number of anilines is 2. The van der Waals surface area contributed by atoms with Crippen molar-refractivity contribution in [2.75, 3.05) is 23.9 Å². The third kappa shape index (κ3) is 4.79. The van der Waals surface area contributed by atoms with E-state index in [1.165, 1.54) is 17.0 Å². The molecule has 0 fully saturated rings. The zero-order chi connectivity index (χ0) is 23.4. The molecule has 0 bridgehead atoms. The number of hydrogen-bond donors (Lipinski definition) is 1. The lowest BCUT2D eigenvalue weighted by atomic mass is 10.00. The Balaban J connectivity index is 1.65. The fourth-order valence-corrected chi connectivity index (χ4v) is 3.40. The van der Waals surface area contributed by atoms with Crippen molar-refractivity contribution in [3.05, 3.63) is 84.6 Å². The molecule has 4 rings (SSSR count). The van der Waals surface area contributed by atoms with Crippen LogP contribution >= 0.6 is 0 Å². The van der Waals surface area contributed by atoms with Crippen molar-refractivity contribution < 1.29 is 18.7 Å². The molecule has 33 heavy (non-hydrogen) atoms. The lowest BCUT2D eigenvalue weighted by molar-refractivity contribution is 0.0993. The van der Waals surface area contributed by atoms with E-state index in [4.69, 9.17) is 4.74 Å². The van der Waals surface area contributed by atoms with Crippen molar-refractivity contribution in [3.8, 4) is 11.1 Å². The van der Waals surface area contributed by atoms with Crippen LogP contribution in [0.15, 0.2) is 73.2 Å². The molecule has 1 N–H and O–H groups in total. The molecule has 4 aromatic rings. The average molecular weight is 444 g/mol. The number of aromatic nitrogens is 2. The Kier molecular flexibility index (Phi) is 6.26. The van der Waals surface area contributed by atoms with E-state index in [9.17, 15) is 14.0 Å². The van der Waals surface area contributed by atoms with E-state index < -0.39 is 6.09 Å². The first-order valence-corrected chi connectivity index (χ1v) is 10.3. The smallest absolute Gasteiger partial charge is 0.412 e. The highest BCUT2D eigenvalue weighted by Gasteiger charge is 2.16. The molecular formula is C25H21FN4O3. The number of benzene rings is 2. The number of carbonyl (C=O) groups is 2. The van der Waals surface area contributed by atoms with Gasteiger partial charge in [0.15, 0.2) is 0 Å². The molecule has 0 aliphatic carbocycles. The summed E-state index contributed by atoms with van der Waals surface area (Å²) < 4.78 is 18.1. The molecule has 0 aliphatic rings. The lowest BCUT2D eigenvalue weighted by Crippen LogP contribution is -2.26. The number of ether oxygens (including phenoxy) is 1. The van der Waals surface area contributed by atoms with Crippen LogP contribution in [0.2, 0.25) is 0 Å². The van der Waals surface area contributed by atoms with Gasteiger partial charge in [0.2, 0.25) is 0 Å². The number of rotatable bonds is 5. The number of halogens is 1. The molecule has 7 nitrogen and oxygen atoms in total. The van der Waals surface area contributed by atoms with Crippen LogP contribution in [0.5, 0.6) is 0 Å². The number of amides is 2. The first-order valence-electron chi connectivity index (χ1n) is 10.3. The second kappa shape index (κ2) is 9.44. The molecule has 0 radical (unpaired) electrons. The Hall–Kier alpha value is -4.33. The first kappa shape index (κ1) is 21.9. The predicted molar refractivity (Wildman–Crippen MR) is 125 cm³/mol. The number of carbonyl (C=O) groups excluding carboxylic acids is 2. The summed E-state index contributed by atoms with van der Waals surface area (Å²) in [5.74, 6) is -0.222. The van der Waals surface area contributed by atoms with Crippen LogP contribution < -0.4 is 10.2 Å². The van der Waals surface area contributed by atoms with Gasteiger partial charge in [0, 0.05) is 53.4 Å². The molecule has 0 aliphatic heterocycles. The van der Waals surface area contributed by atoms with Gasteiger partial charge in [-0.05, 0) is 60.8 Å². The topological polar surface area (TPSA) is 84.4 Å². The Labute approximate surface area is 189 Å². The Morgan fingerprint density at radius 1 is 1.03 bits per heavy atom. The molecule has 2 aromatic carbocycles. The van der Waals surface area contributed by atoms with Gasteiger partial charge in [-0.3, -0.25) is 15.1 Å². The summed E-state index contributed by atoms with van der Waals surface area (Å²) in [5.41, 5.74) is 2.64. The predicted octanol–water partition coefficient (Wildman–Crippen LogP) is 5.28. The minimum atomic E-state index is -0.571. The van der Waals surface area contributed by atoms with Gasteiger partial charge in [-0.2, -0.15) is 0 Å². The van der Waals surface area contributed by atoms with Crippen molar-refractivity contribution in [1.29, 1.82) is 0 Å². The van der Waals surface area contributed by atoms with Gasteiger partial charge < -0.3 is 9.64 Å². The van der Waals surface area contributed by atoms with E-state index in [0.717, 1.165) is 21.9 Å². The molecule has 166 valence electrons. The summed E-state index contributed by atoms with van der Waals surface area (Å²) in [5, 5.41) is 4.25. The molecule has 0 saturated heterocycles. The van der Waals surface area contributed by atoms with Gasteiger partial charge >= 0.3 is 6.09 Å². The highest BCUT2D eigenvalue weighted by atomic mass is 19.1. The van der Waals surface area contributed by atoms with E-state index >= 15 is 0 Å². The Morgan fingerprint density at radius 2 is 1.82 bits per heavy atom. The van der Waals surface area contributed by atoms with Crippen molar-refractivity contribution in [3.63, 3.8) is 0 Å². The summed E-state index contributed by atoms with van der Waals surface area (Å²) in [7, 11) is 1.65. The number of nitrogens with zero attached hydrogens (tertiary/aromatic N) is 3. The molecule has 0 atom stereocenters. The van der Waals surface area contributed by atoms with Crippen LogP contribution in [0.4, 0.5) is 20.7 Å². The quantitative estimate of drug-likeness (QED) is 0.453. The molecule has 0 spiro atoms. The first-order chi connectivity index (χ1) is 16.0.